The van der Waals surface area contributed by atoms with Gasteiger partial charge >= 0.3 is 0 Å². The van der Waals surface area contributed by atoms with Gasteiger partial charge in [0.25, 0.3) is 0 Å². The van der Waals surface area contributed by atoms with Crippen LogP contribution < -0.4 is 15.4 Å². The Kier molecular flexibility index (Phi) is 7.85. The second kappa shape index (κ2) is 10.6. The molecule has 0 unspecified atom stereocenters. The van der Waals surface area contributed by atoms with Crippen molar-refractivity contribution in [3.05, 3.63) is 58.8 Å². The second-order valence-electron chi connectivity index (χ2n) is 11.5. The molecular weight excluding hydrogens is 483 g/mol. The van der Waals surface area contributed by atoms with Crippen molar-refractivity contribution in [2.75, 3.05) is 6.54 Å². The SMILES string of the molecule is CC(=O)N[C@@H](Cc1cccc(F)c1F)[C@H](O)CN[C@H]1CC2(CCC2)Oc2ncc([C@H](F)C(C)(C)C)cc21. The molecule has 1 spiro atoms. The molecule has 6 nitrogen and oxygen atoms in total. The van der Waals surface area contributed by atoms with Gasteiger partial charge in [-0.05, 0) is 48.8 Å². The summed E-state index contributed by atoms with van der Waals surface area (Å²) >= 11 is 0. The first-order valence-electron chi connectivity index (χ1n) is 12.8. The van der Waals surface area contributed by atoms with Gasteiger partial charge < -0.3 is 20.5 Å². The van der Waals surface area contributed by atoms with Crippen LogP contribution in [0.1, 0.15) is 82.3 Å². The molecule has 1 aromatic carbocycles. The van der Waals surface area contributed by atoms with Gasteiger partial charge in [0.2, 0.25) is 11.8 Å². The van der Waals surface area contributed by atoms with E-state index < -0.39 is 41.3 Å². The summed E-state index contributed by atoms with van der Waals surface area (Å²) < 4.78 is 49.4. The third kappa shape index (κ3) is 6.09. The zero-order valence-electron chi connectivity index (χ0n) is 21.8. The Morgan fingerprint density at radius 1 is 1.30 bits per heavy atom. The summed E-state index contributed by atoms with van der Waals surface area (Å²) in [6, 6.07) is 4.51. The molecule has 4 atom stereocenters. The first kappa shape index (κ1) is 27.4. The van der Waals surface area contributed by atoms with E-state index in [9.17, 15) is 18.7 Å². The molecule has 1 saturated carbocycles. The number of nitrogens with one attached hydrogen (secondary N) is 2. The number of hydrogen-bond acceptors (Lipinski definition) is 5. The molecule has 9 heteroatoms. The molecule has 37 heavy (non-hydrogen) atoms. The average molecular weight is 520 g/mol. The highest BCUT2D eigenvalue weighted by Gasteiger charge is 2.46. The fraction of sp³-hybridized carbons (Fsp3) is 0.571. The maximum atomic E-state index is 15.1. The summed E-state index contributed by atoms with van der Waals surface area (Å²) in [4.78, 5) is 16.3. The Morgan fingerprint density at radius 3 is 2.65 bits per heavy atom. The first-order valence-corrected chi connectivity index (χ1v) is 12.8. The van der Waals surface area contributed by atoms with Crippen molar-refractivity contribution in [2.45, 2.75) is 89.8 Å². The molecule has 0 saturated heterocycles. The van der Waals surface area contributed by atoms with Gasteiger partial charge in [-0.1, -0.05) is 32.9 Å². The molecule has 1 aromatic heterocycles. The molecular formula is C28H36F3N3O3. The van der Waals surface area contributed by atoms with Crippen LogP contribution >= 0.6 is 0 Å². The number of halogens is 3. The Bertz CT molecular complexity index is 1130. The van der Waals surface area contributed by atoms with Gasteiger partial charge in [0.1, 0.15) is 11.8 Å². The maximum Gasteiger partial charge on any atom is 0.218 e. The maximum absolute atomic E-state index is 15.1. The van der Waals surface area contributed by atoms with Crippen LogP contribution in [0, 0.1) is 17.0 Å². The molecule has 0 bridgehead atoms. The summed E-state index contributed by atoms with van der Waals surface area (Å²) in [6.45, 7) is 6.84. The smallest absolute Gasteiger partial charge is 0.218 e. The van der Waals surface area contributed by atoms with Crippen LogP contribution in [0.2, 0.25) is 0 Å². The Morgan fingerprint density at radius 2 is 2.03 bits per heavy atom. The number of benzene rings is 1. The van der Waals surface area contributed by atoms with Gasteiger partial charge in [0.05, 0.1) is 12.1 Å². The fourth-order valence-electron chi connectivity index (χ4n) is 5.14. The molecule has 2 aliphatic rings. The number of carbonyl (C=O) groups is 1. The van der Waals surface area contributed by atoms with E-state index in [2.05, 4.69) is 15.6 Å². The predicted molar refractivity (Wildman–Crippen MR) is 134 cm³/mol. The molecule has 0 radical (unpaired) electrons. The van der Waals surface area contributed by atoms with Crippen LogP contribution in [-0.4, -0.2) is 40.3 Å². The molecule has 202 valence electrons. The van der Waals surface area contributed by atoms with E-state index in [1.54, 1.807) is 6.07 Å². The Labute approximate surface area is 216 Å². The predicted octanol–water partition coefficient (Wildman–Crippen LogP) is 4.86. The van der Waals surface area contributed by atoms with E-state index in [1.165, 1.54) is 25.3 Å². The highest BCUT2D eigenvalue weighted by atomic mass is 19.2. The molecule has 1 aliphatic heterocycles. The molecule has 4 rings (SSSR count). The van der Waals surface area contributed by atoms with Crippen molar-refractivity contribution in [3.8, 4) is 5.88 Å². The number of hydrogen-bond donors (Lipinski definition) is 3. The van der Waals surface area contributed by atoms with E-state index in [0.29, 0.717) is 17.9 Å². The largest absolute Gasteiger partial charge is 0.471 e. The molecule has 1 fully saturated rings. The average Bonchev–Trinajstić information content (AvgIpc) is 2.81. The van der Waals surface area contributed by atoms with E-state index in [0.717, 1.165) is 30.9 Å². The van der Waals surface area contributed by atoms with Crippen molar-refractivity contribution >= 4 is 5.91 Å². The quantitative estimate of drug-likeness (QED) is 0.464. The standard InChI is InChI=1S/C28H36F3N3O3/c1-16(35)34-21(12-17-7-5-8-20(29)24(17)30)23(36)15-32-22-13-28(9-6-10-28)37-26-19(22)11-18(14-33-26)25(31)27(2,3)4/h5,7-8,11,14,21-23,25,32,36H,6,9-10,12-13,15H2,1-4H3,(H,34,35)/t21-,22-,23+,25-/m0/s1. The minimum Gasteiger partial charge on any atom is -0.471 e. The molecule has 1 amide bonds. The van der Waals surface area contributed by atoms with Crippen LogP contribution in [0.4, 0.5) is 13.2 Å². The third-order valence-corrected chi connectivity index (χ3v) is 7.38. The highest BCUT2D eigenvalue weighted by Crippen LogP contribution is 2.49. The molecule has 2 aromatic rings. The summed E-state index contributed by atoms with van der Waals surface area (Å²) in [7, 11) is 0. The summed E-state index contributed by atoms with van der Waals surface area (Å²) in [5.74, 6) is -1.92. The number of carbonyl (C=O) groups excluding carboxylic acids is 1. The lowest BCUT2D eigenvalue weighted by atomic mass is 9.73. The second-order valence-corrected chi connectivity index (χ2v) is 11.5. The number of rotatable bonds is 8. The number of aliphatic hydroxyl groups is 1. The molecule has 3 N–H and O–H groups in total. The lowest BCUT2D eigenvalue weighted by molar-refractivity contribution is -0.120. The Hall–Kier alpha value is -2.65. The van der Waals surface area contributed by atoms with Crippen molar-refractivity contribution in [1.29, 1.82) is 0 Å². The number of aromatic nitrogens is 1. The van der Waals surface area contributed by atoms with E-state index in [4.69, 9.17) is 4.74 Å². The topological polar surface area (TPSA) is 83.5 Å². The van der Waals surface area contributed by atoms with Gasteiger partial charge in [0, 0.05) is 43.3 Å². The number of nitrogens with zero attached hydrogens (tertiary/aromatic N) is 1. The first-order chi connectivity index (χ1) is 17.4. The van der Waals surface area contributed by atoms with Crippen LogP contribution in [0.5, 0.6) is 5.88 Å². The van der Waals surface area contributed by atoms with Crippen molar-refractivity contribution in [3.63, 3.8) is 0 Å². The van der Waals surface area contributed by atoms with Gasteiger partial charge in [-0.2, -0.15) is 0 Å². The number of pyridine rings is 1. The molecule has 2 heterocycles. The van der Waals surface area contributed by atoms with Crippen molar-refractivity contribution in [2.24, 2.45) is 5.41 Å². The van der Waals surface area contributed by atoms with E-state index in [-0.39, 0.29) is 30.2 Å². The molecule has 1 aliphatic carbocycles. The van der Waals surface area contributed by atoms with E-state index >= 15 is 4.39 Å². The van der Waals surface area contributed by atoms with Crippen molar-refractivity contribution in [1.82, 2.24) is 15.6 Å². The van der Waals surface area contributed by atoms with Crippen LogP contribution in [0.15, 0.2) is 30.5 Å². The van der Waals surface area contributed by atoms with Crippen LogP contribution in [-0.2, 0) is 11.2 Å². The number of alkyl halides is 1. The monoisotopic (exact) mass is 519 g/mol. The normalized spacial score (nSPS) is 20.8. The zero-order chi connectivity index (χ0) is 27.0. The van der Waals surface area contributed by atoms with Gasteiger partial charge in [0.15, 0.2) is 11.6 Å². The van der Waals surface area contributed by atoms with Crippen molar-refractivity contribution < 1.29 is 27.8 Å². The summed E-state index contributed by atoms with van der Waals surface area (Å²) in [5.41, 5.74) is 0.307. The van der Waals surface area contributed by atoms with Gasteiger partial charge in [-0.3, -0.25) is 4.79 Å². The lowest BCUT2D eigenvalue weighted by Gasteiger charge is -2.47. The minimum absolute atomic E-state index is 0.0601. The van der Waals surface area contributed by atoms with Crippen LogP contribution in [0.3, 0.4) is 0 Å². The number of aliphatic hydroxyl groups excluding tert-OH is 1. The van der Waals surface area contributed by atoms with Gasteiger partial charge in [-0.25, -0.2) is 18.2 Å². The Balaban J connectivity index is 1.54. The fourth-order valence-corrected chi connectivity index (χ4v) is 5.14. The number of amides is 1. The van der Waals surface area contributed by atoms with E-state index in [1.807, 2.05) is 20.8 Å². The minimum atomic E-state index is -1.22. The summed E-state index contributed by atoms with van der Waals surface area (Å²) in [5, 5.41) is 17.0. The van der Waals surface area contributed by atoms with Gasteiger partial charge in [-0.15, -0.1) is 0 Å². The number of fused-ring (bicyclic) bond motifs is 1. The lowest BCUT2D eigenvalue weighted by Crippen LogP contribution is -2.52. The zero-order valence-corrected chi connectivity index (χ0v) is 21.8. The van der Waals surface area contributed by atoms with Crippen LogP contribution in [0.25, 0.3) is 0 Å². The third-order valence-electron chi connectivity index (χ3n) is 7.38. The summed E-state index contributed by atoms with van der Waals surface area (Å²) in [6.07, 6.45) is 2.57. The number of ether oxygens (including phenoxy) is 1. The highest BCUT2D eigenvalue weighted by molar-refractivity contribution is 5.73.